The highest BCUT2D eigenvalue weighted by Crippen LogP contribution is 2.24. The number of fused-ring (bicyclic) bond motifs is 1. The summed E-state index contributed by atoms with van der Waals surface area (Å²) < 4.78 is 7.14. The molecule has 146 valence electrons. The van der Waals surface area contributed by atoms with E-state index in [4.69, 9.17) is 4.74 Å². The summed E-state index contributed by atoms with van der Waals surface area (Å²) in [6.45, 7) is 8.85. The van der Waals surface area contributed by atoms with E-state index in [0.29, 0.717) is 22.6 Å². The third kappa shape index (κ3) is 3.47. The van der Waals surface area contributed by atoms with Crippen molar-refractivity contribution in [1.82, 2.24) is 14.8 Å². The lowest BCUT2D eigenvalue weighted by Gasteiger charge is -2.16. The maximum absolute atomic E-state index is 12.8. The van der Waals surface area contributed by atoms with Crippen LogP contribution >= 0.6 is 0 Å². The maximum atomic E-state index is 12.8. The molecule has 1 atom stereocenters. The predicted octanol–water partition coefficient (Wildman–Crippen LogP) is 3.39. The highest BCUT2D eigenvalue weighted by atomic mass is 16.5. The molecule has 0 fully saturated rings. The topological polar surface area (TPSA) is 86.1 Å². The number of ether oxygens (including phenoxy) is 1. The van der Waals surface area contributed by atoms with Gasteiger partial charge < -0.3 is 10.1 Å². The molecule has 0 bridgehead atoms. The van der Waals surface area contributed by atoms with Crippen molar-refractivity contribution < 1.29 is 14.3 Å². The van der Waals surface area contributed by atoms with E-state index in [0.717, 1.165) is 22.2 Å². The van der Waals surface area contributed by atoms with Crippen molar-refractivity contribution >= 4 is 28.5 Å². The first-order valence-electron chi connectivity index (χ1n) is 9.08. The van der Waals surface area contributed by atoms with Gasteiger partial charge in [-0.3, -0.25) is 14.5 Å². The van der Waals surface area contributed by atoms with Gasteiger partial charge in [-0.25, -0.2) is 4.79 Å². The second-order valence-electron chi connectivity index (χ2n) is 6.92. The monoisotopic (exact) mass is 380 g/mol. The Balaban J connectivity index is 1.81. The standard InChI is InChI=1S/C21H24N4O3/c1-11-16-9-7-8-10-17(16)22-12(2)18(11)21(27)28-15(5)20(26)23-19-13(3)24-25(6)14(19)4/h7-10,15H,1-6H3,(H,23,26)/t15-/m0/s1. The van der Waals surface area contributed by atoms with E-state index >= 15 is 0 Å². The van der Waals surface area contributed by atoms with Gasteiger partial charge in [0.2, 0.25) is 0 Å². The van der Waals surface area contributed by atoms with Crippen LogP contribution in [-0.2, 0) is 16.6 Å². The SMILES string of the molecule is Cc1nn(C)c(C)c1NC(=O)[C@H](C)OC(=O)c1c(C)nc2ccccc2c1C. The number of benzene rings is 1. The largest absolute Gasteiger partial charge is 0.449 e. The van der Waals surface area contributed by atoms with Crippen LogP contribution in [0.1, 0.15) is 39.9 Å². The average Bonchev–Trinajstić information content (AvgIpc) is 2.87. The fraction of sp³-hybridized carbons (Fsp3) is 0.333. The number of aromatic nitrogens is 3. The molecule has 0 unspecified atom stereocenters. The summed E-state index contributed by atoms with van der Waals surface area (Å²) in [5.41, 5.74) is 4.75. The van der Waals surface area contributed by atoms with Gasteiger partial charge in [-0.05, 0) is 46.2 Å². The van der Waals surface area contributed by atoms with E-state index in [1.54, 1.807) is 25.6 Å². The van der Waals surface area contributed by atoms with Gasteiger partial charge in [0.05, 0.1) is 33.8 Å². The van der Waals surface area contributed by atoms with Gasteiger partial charge >= 0.3 is 5.97 Å². The summed E-state index contributed by atoms with van der Waals surface area (Å²) in [4.78, 5) is 29.8. The first kappa shape index (κ1) is 19.5. The lowest BCUT2D eigenvalue weighted by molar-refractivity contribution is -0.123. The third-order valence-electron chi connectivity index (χ3n) is 4.95. The van der Waals surface area contributed by atoms with Crippen molar-refractivity contribution in [3.05, 3.63) is 52.5 Å². The number of nitrogens with one attached hydrogen (secondary N) is 1. The zero-order valence-corrected chi connectivity index (χ0v) is 17.0. The minimum absolute atomic E-state index is 0.395. The van der Waals surface area contributed by atoms with Crippen LogP contribution in [0.4, 0.5) is 5.69 Å². The third-order valence-corrected chi connectivity index (χ3v) is 4.95. The number of nitrogens with zero attached hydrogens (tertiary/aromatic N) is 3. The molecular weight excluding hydrogens is 356 g/mol. The number of esters is 1. The molecule has 0 aliphatic carbocycles. The minimum Gasteiger partial charge on any atom is -0.449 e. The second-order valence-corrected chi connectivity index (χ2v) is 6.92. The van der Waals surface area contributed by atoms with Crippen LogP contribution in [0.25, 0.3) is 10.9 Å². The van der Waals surface area contributed by atoms with Crippen LogP contribution in [0.3, 0.4) is 0 Å². The van der Waals surface area contributed by atoms with Gasteiger partial charge in [-0.1, -0.05) is 18.2 Å². The second kappa shape index (κ2) is 7.42. The lowest BCUT2D eigenvalue weighted by atomic mass is 10.0. The maximum Gasteiger partial charge on any atom is 0.341 e. The summed E-state index contributed by atoms with van der Waals surface area (Å²) in [6, 6.07) is 7.62. The first-order chi connectivity index (χ1) is 13.2. The van der Waals surface area contributed by atoms with E-state index in [1.165, 1.54) is 0 Å². The number of rotatable bonds is 4. The lowest BCUT2D eigenvalue weighted by Crippen LogP contribution is -2.31. The van der Waals surface area contributed by atoms with Gasteiger partial charge in [-0.2, -0.15) is 5.10 Å². The number of carbonyl (C=O) groups excluding carboxylic acids is 2. The molecule has 7 nitrogen and oxygen atoms in total. The van der Waals surface area contributed by atoms with Gasteiger partial charge in [0.25, 0.3) is 5.91 Å². The molecular formula is C21H24N4O3. The molecule has 2 heterocycles. The molecule has 28 heavy (non-hydrogen) atoms. The Labute approximate surface area is 163 Å². The Morgan fingerprint density at radius 2 is 1.79 bits per heavy atom. The van der Waals surface area contributed by atoms with Crippen LogP contribution in [0.2, 0.25) is 0 Å². The van der Waals surface area contributed by atoms with Crippen LogP contribution in [0, 0.1) is 27.7 Å². The summed E-state index contributed by atoms with van der Waals surface area (Å²) in [5, 5.41) is 7.96. The Morgan fingerprint density at radius 1 is 1.11 bits per heavy atom. The Bertz CT molecular complexity index is 1080. The number of hydrogen-bond acceptors (Lipinski definition) is 5. The summed E-state index contributed by atoms with van der Waals surface area (Å²) in [6.07, 6.45) is -0.961. The Morgan fingerprint density at radius 3 is 2.43 bits per heavy atom. The minimum atomic E-state index is -0.961. The fourth-order valence-electron chi connectivity index (χ4n) is 3.28. The number of carbonyl (C=O) groups is 2. The van der Waals surface area contributed by atoms with Crippen molar-refractivity contribution in [3.63, 3.8) is 0 Å². The van der Waals surface area contributed by atoms with Crippen molar-refractivity contribution in [1.29, 1.82) is 0 Å². The molecule has 7 heteroatoms. The number of aryl methyl sites for hydroxylation is 4. The van der Waals surface area contributed by atoms with Crippen molar-refractivity contribution in [3.8, 4) is 0 Å². The molecule has 1 N–H and O–H groups in total. The Hall–Kier alpha value is -3.22. The van der Waals surface area contributed by atoms with E-state index in [-0.39, 0.29) is 0 Å². The van der Waals surface area contributed by atoms with Gasteiger partial charge in [-0.15, -0.1) is 0 Å². The zero-order valence-electron chi connectivity index (χ0n) is 17.0. The number of para-hydroxylation sites is 1. The van der Waals surface area contributed by atoms with Crippen molar-refractivity contribution in [2.45, 2.75) is 40.7 Å². The normalized spacial score (nSPS) is 12.1. The highest BCUT2D eigenvalue weighted by Gasteiger charge is 2.24. The van der Waals surface area contributed by atoms with Gasteiger partial charge in [0, 0.05) is 12.4 Å². The van der Waals surface area contributed by atoms with Gasteiger partial charge in [0.1, 0.15) is 0 Å². The molecule has 3 rings (SSSR count). The number of anilines is 1. The van der Waals surface area contributed by atoms with E-state index in [2.05, 4.69) is 15.4 Å². The van der Waals surface area contributed by atoms with Crippen LogP contribution in [0.15, 0.2) is 24.3 Å². The molecule has 0 spiro atoms. The summed E-state index contributed by atoms with van der Waals surface area (Å²) in [7, 11) is 1.81. The summed E-state index contributed by atoms with van der Waals surface area (Å²) >= 11 is 0. The number of amides is 1. The molecule has 0 radical (unpaired) electrons. The average molecular weight is 380 g/mol. The van der Waals surface area contributed by atoms with Crippen LogP contribution < -0.4 is 5.32 Å². The van der Waals surface area contributed by atoms with E-state index in [1.807, 2.05) is 45.0 Å². The molecule has 0 aliphatic heterocycles. The molecule has 3 aromatic rings. The summed E-state index contributed by atoms with van der Waals surface area (Å²) in [5.74, 6) is -0.966. The molecule has 0 saturated heterocycles. The van der Waals surface area contributed by atoms with E-state index < -0.39 is 18.0 Å². The molecule has 1 aromatic carbocycles. The predicted molar refractivity (Wildman–Crippen MR) is 107 cm³/mol. The number of hydrogen-bond donors (Lipinski definition) is 1. The first-order valence-corrected chi connectivity index (χ1v) is 9.08. The zero-order chi connectivity index (χ0) is 20.6. The smallest absolute Gasteiger partial charge is 0.341 e. The molecule has 0 saturated carbocycles. The van der Waals surface area contributed by atoms with Gasteiger partial charge in [0.15, 0.2) is 6.10 Å². The highest BCUT2D eigenvalue weighted by molar-refractivity contribution is 6.01. The number of pyridine rings is 1. The molecule has 2 aromatic heterocycles. The quantitative estimate of drug-likeness (QED) is 0.701. The Kier molecular flexibility index (Phi) is 5.18. The molecule has 0 aliphatic rings. The van der Waals surface area contributed by atoms with E-state index in [9.17, 15) is 9.59 Å². The van der Waals surface area contributed by atoms with Crippen molar-refractivity contribution in [2.75, 3.05) is 5.32 Å². The van der Waals surface area contributed by atoms with Crippen molar-refractivity contribution in [2.24, 2.45) is 7.05 Å². The van der Waals surface area contributed by atoms with Crippen LogP contribution in [-0.4, -0.2) is 32.7 Å². The molecule has 1 amide bonds. The fourth-order valence-corrected chi connectivity index (χ4v) is 3.28. The van der Waals surface area contributed by atoms with Crippen LogP contribution in [0.5, 0.6) is 0 Å².